The molecule has 216 valence electrons. The Morgan fingerprint density at radius 2 is 1.69 bits per heavy atom. The van der Waals surface area contributed by atoms with E-state index in [-0.39, 0.29) is 19.1 Å². The number of nitrogens with one attached hydrogen (secondary N) is 1. The molecule has 4 aromatic rings. The van der Waals surface area contributed by atoms with Gasteiger partial charge in [-0.05, 0) is 53.6 Å². The van der Waals surface area contributed by atoms with Gasteiger partial charge in [0.15, 0.2) is 11.6 Å². The molecule has 0 bridgehead atoms. The smallest absolute Gasteiger partial charge is 0.252 e. The van der Waals surface area contributed by atoms with E-state index in [0.717, 1.165) is 26.7 Å². The first-order valence-electron chi connectivity index (χ1n) is 13.8. The first kappa shape index (κ1) is 29.4. The molecule has 0 saturated heterocycles. The van der Waals surface area contributed by atoms with Gasteiger partial charge in [-0.1, -0.05) is 76.6 Å². The minimum atomic E-state index is -1.29. The zero-order valence-corrected chi connectivity index (χ0v) is 24.9. The lowest BCUT2D eigenvalue weighted by Crippen LogP contribution is -2.49. The lowest BCUT2D eigenvalue weighted by Gasteiger charge is -2.31. The number of amides is 1. The van der Waals surface area contributed by atoms with E-state index in [1.165, 1.54) is 0 Å². The Morgan fingerprint density at radius 1 is 0.976 bits per heavy atom. The van der Waals surface area contributed by atoms with Crippen LogP contribution in [0.5, 0.6) is 11.5 Å². The van der Waals surface area contributed by atoms with Crippen molar-refractivity contribution in [3.8, 4) is 11.5 Å². The van der Waals surface area contributed by atoms with Gasteiger partial charge in [0.2, 0.25) is 5.90 Å². The fourth-order valence-electron chi connectivity index (χ4n) is 5.00. The monoisotopic (exact) mass is 628 g/mol. The second-order valence-electron chi connectivity index (χ2n) is 10.00. The molecule has 1 amide bonds. The minimum Gasteiger partial charge on any atom is -0.496 e. The van der Waals surface area contributed by atoms with Crippen molar-refractivity contribution in [1.82, 2.24) is 5.32 Å². The standard InChI is InChI=1S/C34H33BrN2O5/c1-40-30-11-6-5-10-27(30)23-36-33(39)34(22-24-12-16-28(35)17-13-24)31(25-8-3-2-4-9-25)42-32(37-34)26-14-18-29(19-15-26)41-21-7-20-38/h2-6,8-19,31,38H,7,20-23H2,1H3,(H,36,39)/t31-,34-/m1/s1. The van der Waals surface area contributed by atoms with E-state index in [0.29, 0.717) is 36.8 Å². The summed E-state index contributed by atoms with van der Waals surface area (Å²) in [7, 11) is 1.62. The highest BCUT2D eigenvalue weighted by atomic mass is 79.9. The van der Waals surface area contributed by atoms with Gasteiger partial charge in [-0.3, -0.25) is 4.79 Å². The first-order chi connectivity index (χ1) is 20.5. The van der Waals surface area contributed by atoms with Crippen LogP contribution >= 0.6 is 15.9 Å². The number of aliphatic hydroxyl groups is 1. The van der Waals surface area contributed by atoms with Crippen molar-refractivity contribution >= 4 is 27.7 Å². The summed E-state index contributed by atoms with van der Waals surface area (Å²) in [5.74, 6) is 1.52. The van der Waals surface area contributed by atoms with E-state index < -0.39 is 11.6 Å². The molecule has 2 atom stereocenters. The van der Waals surface area contributed by atoms with Crippen LogP contribution in [0.3, 0.4) is 0 Å². The Balaban J connectivity index is 1.54. The fraction of sp³-hybridized carbons (Fsp3) is 0.235. The predicted octanol–water partition coefficient (Wildman–Crippen LogP) is 6.03. The third-order valence-corrected chi connectivity index (χ3v) is 7.68. The largest absolute Gasteiger partial charge is 0.496 e. The third kappa shape index (κ3) is 6.66. The van der Waals surface area contributed by atoms with Crippen LogP contribution in [0.2, 0.25) is 0 Å². The van der Waals surface area contributed by atoms with Crippen LogP contribution in [0.25, 0.3) is 0 Å². The maximum Gasteiger partial charge on any atom is 0.252 e. The van der Waals surface area contributed by atoms with Gasteiger partial charge in [0.1, 0.15) is 11.5 Å². The number of benzene rings is 4. The molecule has 0 radical (unpaired) electrons. The molecular formula is C34H33BrN2O5. The molecule has 1 aliphatic rings. The molecule has 0 unspecified atom stereocenters. The van der Waals surface area contributed by atoms with E-state index in [1.54, 1.807) is 7.11 Å². The number of carbonyl (C=O) groups excluding carboxylic acids is 1. The van der Waals surface area contributed by atoms with Gasteiger partial charge < -0.3 is 24.6 Å². The minimum absolute atomic E-state index is 0.0726. The highest BCUT2D eigenvalue weighted by Gasteiger charge is 2.53. The lowest BCUT2D eigenvalue weighted by atomic mass is 9.82. The van der Waals surface area contributed by atoms with Crippen LogP contribution in [0.1, 0.15) is 34.8 Å². The van der Waals surface area contributed by atoms with Gasteiger partial charge in [0.25, 0.3) is 5.91 Å². The van der Waals surface area contributed by atoms with Gasteiger partial charge in [0, 0.05) is 41.6 Å². The Morgan fingerprint density at radius 3 is 2.40 bits per heavy atom. The summed E-state index contributed by atoms with van der Waals surface area (Å²) in [5, 5.41) is 12.2. The normalized spacial score (nSPS) is 17.7. The molecule has 2 N–H and O–H groups in total. The van der Waals surface area contributed by atoms with Crippen molar-refractivity contribution in [3.05, 3.63) is 130 Å². The number of aliphatic hydroxyl groups excluding tert-OH is 1. The highest BCUT2D eigenvalue weighted by Crippen LogP contribution is 2.42. The van der Waals surface area contributed by atoms with E-state index >= 15 is 0 Å². The van der Waals surface area contributed by atoms with Crippen molar-refractivity contribution in [3.63, 3.8) is 0 Å². The van der Waals surface area contributed by atoms with Crippen LogP contribution in [0.15, 0.2) is 113 Å². The third-order valence-electron chi connectivity index (χ3n) is 7.15. The Kier molecular flexibility index (Phi) is 9.56. The number of carbonyl (C=O) groups is 1. The van der Waals surface area contributed by atoms with Crippen molar-refractivity contribution in [2.45, 2.75) is 31.0 Å². The van der Waals surface area contributed by atoms with Crippen LogP contribution in [-0.2, 0) is 22.5 Å². The van der Waals surface area contributed by atoms with E-state index in [2.05, 4.69) is 21.2 Å². The summed E-state index contributed by atoms with van der Waals surface area (Å²) in [5.41, 5.74) is 2.12. The lowest BCUT2D eigenvalue weighted by molar-refractivity contribution is -0.129. The molecule has 5 rings (SSSR count). The van der Waals surface area contributed by atoms with Gasteiger partial charge in [-0.15, -0.1) is 0 Å². The number of nitrogens with zero attached hydrogens (tertiary/aromatic N) is 1. The van der Waals surface area contributed by atoms with E-state index in [9.17, 15) is 4.79 Å². The maximum atomic E-state index is 14.4. The average molecular weight is 630 g/mol. The van der Waals surface area contributed by atoms with Crippen LogP contribution in [0, 0.1) is 0 Å². The molecule has 0 fully saturated rings. The molecule has 1 heterocycles. The average Bonchev–Trinajstić information content (AvgIpc) is 3.42. The number of hydrogen-bond acceptors (Lipinski definition) is 6. The first-order valence-corrected chi connectivity index (χ1v) is 14.6. The molecule has 7 nitrogen and oxygen atoms in total. The number of aliphatic imine (C=N–C) groups is 1. The van der Waals surface area contributed by atoms with Crippen LogP contribution in [0.4, 0.5) is 0 Å². The van der Waals surface area contributed by atoms with Gasteiger partial charge in [0.05, 0.1) is 13.7 Å². The van der Waals surface area contributed by atoms with Gasteiger partial charge in [-0.25, -0.2) is 4.99 Å². The zero-order chi connectivity index (χ0) is 29.4. The molecule has 0 aliphatic carbocycles. The number of ether oxygens (including phenoxy) is 3. The zero-order valence-electron chi connectivity index (χ0n) is 23.3. The summed E-state index contributed by atoms with van der Waals surface area (Å²) in [4.78, 5) is 19.5. The number of halogens is 1. The van der Waals surface area contributed by atoms with E-state index in [4.69, 9.17) is 24.3 Å². The van der Waals surface area contributed by atoms with Gasteiger partial charge >= 0.3 is 0 Å². The van der Waals surface area contributed by atoms with Crippen molar-refractivity contribution in [2.75, 3.05) is 20.3 Å². The summed E-state index contributed by atoms with van der Waals surface area (Å²) < 4.78 is 18.7. The predicted molar refractivity (Wildman–Crippen MR) is 166 cm³/mol. The fourth-order valence-corrected chi connectivity index (χ4v) is 5.27. The Hall–Kier alpha value is -4.14. The van der Waals surface area contributed by atoms with Crippen molar-refractivity contribution in [2.24, 2.45) is 4.99 Å². The SMILES string of the molecule is COc1ccccc1CNC(=O)[C@]1(Cc2ccc(Br)cc2)N=C(c2ccc(OCCCO)cc2)O[C@@H]1c1ccccc1. The topological polar surface area (TPSA) is 89.4 Å². The summed E-state index contributed by atoms with van der Waals surface area (Å²) in [6.45, 7) is 0.770. The molecule has 8 heteroatoms. The number of hydrogen-bond donors (Lipinski definition) is 2. The van der Waals surface area contributed by atoms with Crippen molar-refractivity contribution in [1.29, 1.82) is 0 Å². The molecule has 42 heavy (non-hydrogen) atoms. The summed E-state index contributed by atoms with van der Waals surface area (Å²) >= 11 is 3.51. The molecule has 0 saturated carbocycles. The number of methoxy groups -OCH3 is 1. The van der Waals surface area contributed by atoms with E-state index in [1.807, 2.05) is 103 Å². The second kappa shape index (κ2) is 13.7. The molecule has 0 aromatic heterocycles. The number of para-hydroxylation sites is 1. The van der Waals surface area contributed by atoms with Crippen molar-refractivity contribution < 1.29 is 24.1 Å². The highest BCUT2D eigenvalue weighted by molar-refractivity contribution is 9.10. The molecule has 4 aromatic carbocycles. The number of rotatable bonds is 12. The Labute approximate surface area is 254 Å². The Bertz CT molecular complexity index is 1510. The van der Waals surface area contributed by atoms with Crippen LogP contribution in [-0.4, -0.2) is 42.8 Å². The molecular weight excluding hydrogens is 596 g/mol. The van der Waals surface area contributed by atoms with Crippen LogP contribution < -0.4 is 14.8 Å². The maximum absolute atomic E-state index is 14.4. The van der Waals surface area contributed by atoms with Gasteiger partial charge in [-0.2, -0.15) is 0 Å². The molecule has 1 aliphatic heterocycles. The second-order valence-corrected chi connectivity index (χ2v) is 10.9. The summed E-state index contributed by atoms with van der Waals surface area (Å²) in [6.07, 6.45) is 0.206. The summed E-state index contributed by atoms with van der Waals surface area (Å²) in [6, 6.07) is 32.7. The molecule has 0 spiro atoms. The quantitative estimate of drug-likeness (QED) is 0.187.